The summed E-state index contributed by atoms with van der Waals surface area (Å²) >= 11 is 0. The molecular formula is C17H29N3O. The van der Waals surface area contributed by atoms with Crippen molar-refractivity contribution in [3.05, 3.63) is 35.9 Å². The second-order valence-electron chi connectivity index (χ2n) is 6.19. The predicted molar refractivity (Wildman–Crippen MR) is 87.3 cm³/mol. The summed E-state index contributed by atoms with van der Waals surface area (Å²) < 4.78 is 0. The van der Waals surface area contributed by atoms with Gasteiger partial charge < -0.3 is 21.1 Å². The summed E-state index contributed by atoms with van der Waals surface area (Å²) in [6.07, 6.45) is 3.98. The molecule has 0 aliphatic carbocycles. The molecule has 1 aliphatic heterocycles. The highest BCUT2D eigenvalue weighted by Gasteiger charge is 2.20. The standard InChI is InChI=1S/C17H29N3O/c1-20-11-5-8-15(20)9-10-19-13-17(21)16(18)12-14-6-3-2-4-7-14/h2-4,6-7,15-17,19,21H,5,8-13,18H2,1H3/t15?,16-,17+/m0/s1. The molecule has 4 nitrogen and oxygen atoms in total. The van der Waals surface area contributed by atoms with E-state index < -0.39 is 6.10 Å². The average Bonchev–Trinajstić information content (AvgIpc) is 2.90. The molecule has 4 heteroatoms. The largest absolute Gasteiger partial charge is 0.390 e. The van der Waals surface area contributed by atoms with Gasteiger partial charge in [0.1, 0.15) is 0 Å². The first kappa shape index (κ1) is 16.4. The first-order valence-corrected chi connectivity index (χ1v) is 8.05. The van der Waals surface area contributed by atoms with E-state index in [0.29, 0.717) is 12.6 Å². The number of benzene rings is 1. The van der Waals surface area contributed by atoms with Gasteiger partial charge in [0.15, 0.2) is 0 Å². The fraction of sp³-hybridized carbons (Fsp3) is 0.647. The SMILES string of the molecule is CN1CCCC1CCNC[C@@H](O)[C@@H](N)Cc1ccccc1. The predicted octanol–water partition coefficient (Wildman–Crippen LogP) is 0.991. The molecule has 1 aromatic carbocycles. The van der Waals surface area contributed by atoms with Crippen molar-refractivity contribution < 1.29 is 5.11 Å². The molecule has 1 fully saturated rings. The Morgan fingerprint density at radius 1 is 1.38 bits per heavy atom. The smallest absolute Gasteiger partial charge is 0.0818 e. The second kappa shape index (κ2) is 8.49. The second-order valence-corrected chi connectivity index (χ2v) is 6.19. The highest BCUT2D eigenvalue weighted by Crippen LogP contribution is 2.16. The van der Waals surface area contributed by atoms with Gasteiger partial charge in [0.05, 0.1) is 6.10 Å². The molecular weight excluding hydrogens is 262 g/mol. The van der Waals surface area contributed by atoms with E-state index >= 15 is 0 Å². The Morgan fingerprint density at radius 2 is 2.14 bits per heavy atom. The minimum absolute atomic E-state index is 0.214. The number of nitrogens with two attached hydrogens (primary N) is 1. The third kappa shape index (κ3) is 5.40. The Hall–Kier alpha value is -0.940. The van der Waals surface area contributed by atoms with Crippen LogP contribution in [0.25, 0.3) is 0 Å². The van der Waals surface area contributed by atoms with Crippen molar-refractivity contribution in [3.63, 3.8) is 0 Å². The van der Waals surface area contributed by atoms with Crippen LogP contribution in [0.4, 0.5) is 0 Å². The summed E-state index contributed by atoms with van der Waals surface area (Å²) in [6.45, 7) is 2.74. The molecule has 1 saturated heterocycles. The Kier molecular flexibility index (Phi) is 6.64. The molecule has 0 radical (unpaired) electrons. The molecule has 4 N–H and O–H groups in total. The Morgan fingerprint density at radius 3 is 2.81 bits per heavy atom. The Balaban J connectivity index is 1.61. The van der Waals surface area contributed by atoms with Crippen molar-refractivity contribution in [2.24, 2.45) is 5.73 Å². The van der Waals surface area contributed by atoms with Crippen LogP contribution in [0.5, 0.6) is 0 Å². The number of hydrogen-bond donors (Lipinski definition) is 3. The van der Waals surface area contributed by atoms with Gasteiger partial charge in [-0.1, -0.05) is 30.3 Å². The summed E-state index contributed by atoms with van der Waals surface area (Å²) in [5.74, 6) is 0. The zero-order valence-corrected chi connectivity index (χ0v) is 13.0. The van der Waals surface area contributed by atoms with E-state index in [2.05, 4.69) is 29.4 Å². The summed E-state index contributed by atoms with van der Waals surface area (Å²) in [7, 11) is 2.20. The zero-order chi connectivity index (χ0) is 15.1. The molecule has 0 bridgehead atoms. The Bertz CT molecular complexity index is 398. The lowest BCUT2D eigenvalue weighted by Gasteiger charge is -2.22. The van der Waals surface area contributed by atoms with E-state index in [1.54, 1.807) is 0 Å². The lowest BCUT2D eigenvalue weighted by atomic mass is 10.0. The number of nitrogens with zero attached hydrogens (tertiary/aromatic N) is 1. The summed E-state index contributed by atoms with van der Waals surface area (Å²) in [4.78, 5) is 2.43. The van der Waals surface area contributed by atoms with Gasteiger partial charge in [0, 0.05) is 18.6 Å². The third-order valence-electron chi connectivity index (χ3n) is 4.49. The van der Waals surface area contributed by atoms with Gasteiger partial charge in [-0.2, -0.15) is 0 Å². The fourth-order valence-electron chi connectivity index (χ4n) is 3.04. The number of aliphatic hydroxyl groups excluding tert-OH is 1. The van der Waals surface area contributed by atoms with Crippen LogP contribution in [-0.2, 0) is 6.42 Å². The minimum Gasteiger partial charge on any atom is -0.390 e. The van der Waals surface area contributed by atoms with Gasteiger partial charge in [-0.05, 0) is 51.4 Å². The molecule has 1 aromatic rings. The van der Waals surface area contributed by atoms with Crippen LogP contribution in [0.2, 0.25) is 0 Å². The number of likely N-dealkylation sites (tertiary alicyclic amines) is 1. The highest BCUT2D eigenvalue weighted by atomic mass is 16.3. The van der Waals surface area contributed by atoms with Gasteiger partial charge in [-0.15, -0.1) is 0 Å². The monoisotopic (exact) mass is 291 g/mol. The molecule has 3 atom stereocenters. The molecule has 118 valence electrons. The molecule has 1 unspecified atom stereocenters. The first-order chi connectivity index (χ1) is 10.2. The maximum atomic E-state index is 10.1. The normalized spacial score (nSPS) is 22.3. The molecule has 21 heavy (non-hydrogen) atoms. The molecule has 0 amide bonds. The number of rotatable bonds is 8. The minimum atomic E-state index is -0.494. The van der Waals surface area contributed by atoms with Gasteiger partial charge in [0.25, 0.3) is 0 Å². The summed E-state index contributed by atoms with van der Waals surface area (Å²) in [5, 5.41) is 13.5. The quantitative estimate of drug-likeness (QED) is 0.625. The van der Waals surface area contributed by atoms with E-state index in [9.17, 15) is 5.11 Å². The van der Waals surface area contributed by atoms with Gasteiger partial charge >= 0.3 is 0 Å². The number of nitrogens with one attached hydrogen (secondary N) is 1. The fourth-order valence-corrected chi connectivity index (χ4v) is 3.04. The lowest BCUT2D eigenvalue weighted by molar-refractivity contribution is 0.141. The van der Waals surface area contributed by atoms with Gasteiger partial charge in [0.2, 0.25) is 0 Å². The zero-order valence-electron chi connectivity index (χ0n) is 13.0. The van der Waals surface area contributed by atoms with Crippen LogP contribution in [0.15, 0.2) is 30.3 Å². The third-order valence-corrected chi connectivity index (χ3v) is 4.49. The first-order valence-electron chi connectivity index (χ1n) is 8.05. The van der Waals surface area contributed by atoms with Gasteiger partial charge in [-0.3, -0.25) is 0 Å². The number of hydrogen-bond acceptors (Lipinski definition) is 4. The van der Waals surface area contributed by atoms with Crippen molar-refractivity contribution in [2.75, 3.05) is 26.7 Å². The molecule has 0 aromatic heterocycles. The average molecular weight is 291 g/mol. The van der Waals surface area contributed by atoms with Crippen molar-refractivity contribution in [1.29, 1.82) is 0 Å². The molecule has 1 aliphatic rings. The topological polar surface area (TPSA) is 61.5 Å². The Labute approximate surface area is 128 Å². The number of aliphatic hydroxyl groups is 1. The summed E-state index contributed by atoms with van der Waals surface area (Å²) in [5.41, 5.74) is 7.25. The molecule has 1 heterocycles. The van der Waals surface area contributed by atoms with E-state index in [4.69, 9.17) is 5.73 Å². The van der Waals surface area contributed by atoms with Crippen LogP contribution in [0.1, 0.15) is 24.8 Å². The van der Waals surface area contributed by atoms with E-state index in [0.717, 1.165) is 19.4 Å². The van der Waals surface area contributed by atoms with Crippen LogP contribution >= 0.6 is 0 Å². The molecule has 0 saturated carbocycles. The van der Waals surface area contributed by atoms with Crippen LogP contribution in [-0.4, -0.2) is 54.9 Å². The lowest BCUT2D eigenvalue weighted by Crippen LogP contribution is -2.43. The van der Waals surface area contributed by atoms with E-state index in [-0.39, 0.29) is 6.04 Å². The highest BCUT2D eigenvalue weighted by molar-refractivity contribution is 5.16. The van der Waals surface area contributed by atoms with E-state index in [1.165, 1.54) is 24.9 Å². The van der Waals surface area contributed by atoms with Crippen molar-refractivity contribution in [1.82, 2.24) is 10.2 Å². The van der Waals surface area contributed by atoms with Crippen LogP contribution in [0, 0.1) is 0 Å². The molecule has 0 spiro atoms. The van der Waals surface area contributed by atoms with Crippen molar-refractivity contribution in [2.45, 2.75) is 43.9 Å². The van der Waals surface area contributed by atoms with E-state index in [1.807, 2.05) is 18.2 Å². The van der Waals surface area contributed by atoms with Crippen molar-refractivity contribution in [3.8, 4) is 0 Å². The maximum absolute atomic E-state index is 10.1. The van der Waals surface area contributed by atoms with Gasteiger partial charge in [-0.25, -0.2) is 0 Å². The van der Waals surface area contributed by atoms with Crippen LogP contribution in [0.3, 0.4) is 0 Å². The summed E-state index contributed by atoms with van der Waals surface area (Å²) in [6, 6.07) is 10.6. The maximum Gasteiger partial charge on any atom is 0.0818 e. The molecule has 2 rings (SSSR count). The van der Waals surface area contributed by atoms with Crippen molar-refractivity contribution >= 4 is 0 Å². The van der Waals surface area contributed by atoms with Crippen LogP contribution < -0.4 is 11.1 Å².